The fourth-order valence-electron chi connectivity index (χ4n) is 3.96. The maximum absolute atomic E-state index is 13.1. The van der Waals surface area contributed by atoms with E-state index >= 15 is 0 Å². The van der Waals surface area contributed by atoms with Crippen molar-refractivity contribution in [3.8, 4) is 5.75 Å². The van der Waals surface area contributed by atoms with Gasteiger partial charge in [-0.3, -0.25) is 4.79 Å². The Morgan fingerprint density at radius 1 is 0.966 bits per heavy atom. The third kappa shape index (κ3) is 3.70. The molecule has 1 N–H and O–H groups in total. The van der Waals surface area contributed by atoms with Crippen molar-refractivity contribution in [1.29, 1.82) is 0 Å². The van der Waals surface area contributed by atoms with Gasteiger partial charge in [0.05, 0.1) is 12.2 Å². The second kappa shape index (κ2) is 8.00. The predicted octanol–water partition coefficient (Wildman–Crippen LogP) is 5.07. The number of nitrogens with zero attached hydrogens (tertiary/aromatic N) is 1. The molecular weight excluding hydrogens is 360 g/mol. The molecular formula is C25H26N2O2. The van der Waals surface area contributed by atoms with Crippen LogP contribution in [0.4, 0.5) is 5.69 Å². The van der Waals surface area contributed by atoms with Gasteiger partial charge in [0.25, 0.3) is 5.91 Å². The van der Waals surface area contributed by atoms with Gasteiger partial charge in [0.2, 0.25) is 0 Å². The van der Waals surface area contributed by atoms with E-state index in [4.69, 9.17) is 4.74 Å². The number of ether oxygens (including phenoxy) is 1. The smallest absolute Gasteiger partial charge is 0.258 e. The molecule has 1 unspecified atom stereocenters. The number of anilines is 1. The summed E-state index contributed by atoms with van der Waals surface area (Å²) in [5.41, 5.74) is 3.18. The second-order valence-electron chi connectivity index (χ2n) is 7.40. The molecule has 148 valence electrons. The fraction of sp³-hybridized carbons (Fsp3) is 0.240. The molecule has 0 saturated heterocycles. The maximum atomic E-state index is 13.1. The van der Waals surface area contributed by atoms with Gasteiger partial charge >= 0.3 is 0 Å². The van der Waals surface area contributed by atoms with Crippen LogP contribution in [0.5, 0.6) is 5.75 Å². The summed E-state index contributed by atoms with van der Waals surface area (Å²) in [5.74, 6) is 0.851. The van der Waals surface area contributed by atoms with Gasteiger partial charge in [-0.15, -0.1) is 0 Å². The average Bonchev–Trinajstić information content (AvgIpc) is 2.75. The number of para-hydroxylation sites is 1. The first kappa shape index (κ1) is 19.1. The first-order valence-corrected chi connectivity index (χ1v) is 10.1. The summed E-state index contributed by atoms with van der Waals surface area (Å²) in [6.45, 7) is 5.27. The highest BCUT2D eigenvalue weighted by molar-refractivity contribution is 6.02. The Morgan fingerprint density at radius 2 is 1.72 bits per heavy atom. The molecule has 1 amide bonds. The molecule has 1 heterocycles. The highest BCUT2D eigenvalue weighted by Crippen LogP contribution is 2.38. The Labute approximate surface area is 172 Å². The minimum atomic E-state index is -0.640. The number of hydrogen-bond donors (Lipinski definition) is 1. The number of rotatable bonds is 6. The molecule has 29 heavy (non-hydrogen) atoms. The first-order valence-electron chi connectivity index (χ1n) is 10.1. The zero-order valence-electron chi connectivity index (χ0n) is 16.9. The van der Waals surface area contributed by atoms with E-state index in [9.17, 15) is 4.79 Å². The Hall–Kier alpha value is -3.27. The summed E-state index contributed by atoms with van der Waals surface area (Å²) in [6.07, 6.45) is 0.855. The normalized spacial score (nSPS) is 18.1. The molecule has 0 bridgehead atoms. The van der Waals surface area contributed by atoms with Crippen LogP contribution in [0.3, 0.4) is 0 Å². The van der Waals surface area contributed by atoms with Crippen molar-refractivity contribution in [2.45, 2.75) is 25.9 Å². The summed E-state index contributed by atoms with van der Waals surface area (Å²) < 4.78 is 6.02. The van der Waals surface area contributed by atoms with Gasteiger partial charge in [0, 0.05) is 24.2 Å². The summed E-state index contributed by atoms with van der Waals surface area (Å²) >= 11 is 0. The number of benzene rings is 3. The topological polar surface area (TPSA) is 41.6 Å². The Bertz CT molecular complexity index is 1000. The monoisotopic (exact) mass is 386 g/mol. The third-order valence-corrected chi connectivity index (χ3v) is 5.54. The molecule has 0 fully saturated rings. The van der Waals surface area contributed by atoms with E-state index in [1.807, 2.05) is 85.5 Å². The molecule has 0 radical (unpaired) electrons. The molecule has 4 heteroatoms. The van der Waals surface area contributed by atoms with Gasteiger partial charge in [-0.25, -0.2) is 0 Å². The van der Waals surface area contributed by atoms with Crippen molar-refractivity contribution in [3.63, 3.8) is 0 Å². The van der Waals surface area contributed by atoms with Crippen molar-refractivity contribution in [1.82, 2.24) is 4.90 Å². The van der Waals surface area contributed by atoms with Crippen LogP contribution in [0.15, 0.2) is 78.9 Å². The second-order valence-corrected chi connectivity index (χ2v) is 7.40. The Balaban J connectivity index is 1.57. The molecule has 1 aliphatic rings. The zero-order valence-corrected chi connectivity index (χ0v) is 16.9. The van der Waals surface area contributed by atoms with Gasteiger partial charge in [0.1, 0.15) is 11.4 Å². The van der Waals surface area contributed by atoms with Gasteiger partial charge in [0.15, 0.2) is 0 Å². The molecule has 1 atom stereocenters. The molecule has 4 rings (SSSR count). The number of hydrogen-bond acceptors (Lipinski definition) is 3. The van der Waals surface area contributed by atoms with Crippen LogP contribution in [0, 0.1) is 0 Å². The van der Waals surface area contributed by atoms with Crippen LogP contribution in [0.2, 0.25) is 0 Å². The van der Waals surface area contributed by atoms with Crippen LogP contribution < -0.4 is 10.1 Å². The van der Waals surface area contributed by atoms with Crippen LogP contribution in [0.1, 0.15) is 35.3 Å². The van der Waals surface area contributed by atoms with Crippen LogP contribution in [0.25, 0.3) is 0 Å². The summed E-state index contributed by atoms with van der Waals surface area (Å²) in [6, 6.07) is 26.0. The molecule has 0 aliphatic carbocycles. The average molecular weight is 386 g/mol. The minimum Gasteiger partial charge on any atom is -0.493 e. The van der Waals surface area contributed by atoms with Gasteiger partial charge in [-0.1, -0.05) is 54.6 Å². The molecule has 4 nitrogen and oxygen atoms in total. The van der Waals surface area contributed by atoms with E-state index in [1.165, 1.54) is 5.56 Å². The highest BCUT2D eigenvalue weighted by Gasteiger charge is 2.41. The Morgan fingerprint density at radius 3 is 2.52 bits per heavy atom. The highest BCUT2D eigenvalue weighted by atomic mass is 16.5. The lowest BCUT2D eigenvalue weighted by Crippen LogP contribution is -2.55. The first-order chi connectivity index (χ1) is 14.1. The van der Waals surface area contributed by atoms with Crippen molar-refractivity contribution in [2.75, 3.05) is 18.5 Å². The standard InChI is InChI=1S/C25H26N2O2/c1-3-27-24(28)22-14-7-8-15-23(22)26-25(27,2)20-12-9-13-21(18-20)29-17-16-19-10-5-4-6-11-19/h4-15,18,26H,3,16-17H2,1-2H3. The van der Waals surface area contributed by atoms with E-state index in [0.29, 0.717) is 18.7 Å². The molecule has 3 aromatic rings. The fourth-order valence-corrected chi connectivity index (χ4v) is 3.96. The van der Waals surface area contributed by atoms with E-state index in [-0.39, 0.29) is 5.91 Å². The van der Waals surface area contributed by atoms with E-state index in [1.54, 1.807) is 0 Å². The Kier molecular flexibility index (Phi) is 5.26. The predicted molar refractivity (Wildman–Crippen MR) is 116 cm³/mol. The lowest BCUT2D eigenvalue weighted by molar-refractivity contribution is 0.0552. The minimum absolute atomic E-state index is 0.0414. The van der Waals surface area contributed by atoms with Crippen LogP contribution in [-0.2, 0) is 12.1 Å². The number of fused-ring (bicyclic) bond motifs is 1. The quantitative estimate of drug-likeness (QED) is 0.643. The maximum Gasteiger partial charge on any atom is 0.258 e. The third-order valence-electron chi connectivity index (χ3n) is 5.54. The zero-order chi connectivity index (χ0) is 20.3. The van der Waals surface area contributed by atoms with E-state index < -0.39 is 5.66 Å². The van der Waals surface area contributed by atoms with Crippen LogP contribution in [-0.4, -0.2) is 24.0 Å². The largest absolute Gasteiger partial charge is 0.493 e. The lowest BCUT2D eigenvalue weighted by Gasteiger charge is -2.46. The van der Waals surface area contributed by atoms with Crippen molar-refractivity contribution in [2.24, 2.45) is 0 Å². The summed E-state index contributed by atoms with van der Waals surface area (Å²) in [7, 11) is 0. The molecule has 3 aromatic carbocycles. The number of carbonyl (C=O) groups is 1. The van der Waals surface area contributed by atoms with E-state index in [2.05, 4.69) is 17.4 Å². The number of carbonyl (C=O) groups excluding carboxylic acids is 1. The summed E-state index contributed by atoms with van der Waals surface area (Å²) in [5, 5.41) is 3.58. The molecule has 0 saturated carbocycles. The van der Waals surface area contributed by atoms with Crippen LogP contribution >= 0.6 is 0 Å². The molecule has 0 aromatic heterocycles. The SMILES string of the molecule is CCN1C(=O)c2ccccc2NC1(C)c1cccc(OCCc2ccccc2)c1. The van der Waals surface area contributed by atoms with Crippen molar-refractivity contribution < 1.29 is 9.53 Å². The molecule has 0 spiro atoms. The van der Waals surface area contributed by atoms with Gasteiger partial charge in [-0.05, 0) is 43.7 Å². The number of nitrogens with one attached hydrogen (secondary N) is 1. The lowest BCUT2D eigenvalue weighted by atomic mass is 9.93. The van der Waals surface area contributed by atoms with Gasteiger partial charge < -0.3 is 15.0 Å². The van der Waals surface area contributed by atoms with Crippen molar-refractivity contribution >= 4 is 11.6 Å². The van der Waals surface area contributed by atoms with Gasteiger partial charge in [-0.2, -0.15) is 0 Å². The van der Waals surface area contributed by atoms with Crippen molar-refractivity contribution in [3.05, 3.63) is 95.6 Å². The molecule has 1 aliphatic heterocycles. The van der Waals surface area contributed by atoms with E-state index in [0.717, 1.165) is 23.4 Å². The number of amides is 1. The summed E-state index contributed by atoms with van der Waals surface area (Å²) in [4.78, 5) is 15.0.